The Morgan fingerprint density at radius 3 is 2.24 bits per heavy atom. The second-order valence-corrected chi connectivity index (χ2v) is 7.98. The van der Waals surface area contributed by atoms with Gasteiger partial charge in [0.1, 0.15) is 0 Å². The molecule has 6 heteroatoms. The molecule has 0 aromatic heterocycles. The molecule has 3 N–H and O–H groups in total. The zero-order chi connectivity index (χ0) is 20.1. The maximum Gasteiger partial charge on any atom is 0.319 e. The third-order valence-electron chi connectivity index (χ3n) is 5.51. The zero-order valence-corrected chi connectivity index (χ0v) is 16.6. The average molecular weight is 393 g/mol. The number of likely N-dealkylation sites (tertiary alicyclic amines) is 1. The number of piperidine rings is 1. The van der Waals surface area contributed by atoms with E-state index >= 15 is 0 Å². The van der Waals surface area contributed by atoms with Gasteiger partial charge in [-0.25, -0.2) is 4.79 Å². The summed E-state index contributed by atoms with van der Waals surface area (Å²) in [6, 6.07) is 17.8. The summed E-state index contributed by atoms with van der Waals surface area (Å²) in [5, 5.41) is 8.87. The van der Waals surface area contributed by atoms with Crippen LogP contribution in [0.3, 0.4) is 0 Å². The molecule has 0 atom stereocenters. The van der Waals surface area contributed by atoms with E-state index in [0.717, 1.165) is 45.3 Å². The van der Waals surface area contributed by atoms with Gasteiger partial charge in [0.05, 0.1) is 0 Å². The van der Waals surface area contributed by atoms with Crippen LogP contribution in [0.4, 0.5) is 16.2 Å². The number of carbonyl (C=O) groups is 2. The third kappa shape index (κ3) is 5.81. The fourth-order valence-electron chi connectivity index (χ4n) is 3.69. The van der Waals surface area contributed by atoms with Crippen LogP contribution >= 0.6 is 0 Å². The molecule has 4 rings (SSSR count). The normalized spacial score (nSPS) is 17.5. The van der Waals surface area contributed by atoms with Crippen molar-refractivity contribution in [1.29, 1.82) is 0 Å². The fraction of sp³-hybridized carbons (Fsp3) is 0.391. The summed E-state index contributed by atoms with van der Waals surface area (Å²) < 4.78 is 0. The molecular weight excluding hydrogens is 364 g/mol. The summed E-state index contributed by atoms with van der Waals surface area (Å²) >= 11 is 0. The molecule has 1 aliphatic carbocycles. The first-order valence-electron chi connectivity index (χ1n) is 10.4. The largest absolute Gasteiger partial charge is 0.335 e. The quantitative estimate of drug-likeness (QED) is 0.700. The molecule has 1 heterocycles. The summed E-state index contributed by atoms with van der Waals surface area (Å²) in [5.41, 5.74) is 2.72. The molecule has 2 fully saturated rings. The Labute approximate surface area is 171 Å². The van der Waals surface area contributed by atoms with Crippen molar-refractivity contribution in [2.75, 3.05) is 23.7 Å². The lowest BCUT2D eigenvalue weighted by Gasteiger charge is -2.32. The molecule has 0 bridgehead atoms. The van der Waals surface area contributed by atoms with Crippen LogP contribution in [0.5, 0.6) is 0 Å². The minimum atomic E-state index is -0.197. The van der Waals surface area contributed by atoms with E-state index in [1.165, 1.54) is 5.56 Å². The van der Waals surface area contributed by atoms with Crippen molar-refractivity contribution in [2.45, 2.75) is 38.3 Å². The van der Waals surface area contributed by atoms with Crippen LogP contribution < -0.4 is 16.0 Å². The summed E-state index contributed by atoms with van der Waals surface area (Å²) in [5.74, 6) is 0.219. The van der Waals surface area contributed by atoms with Crippen molar-refractivity contribution in [1.82, 2.24) is 10.2 Å². The van der Waals surface area contributed by atoms with Gasteiger partial charge >= 0.3 is 6.03 Å². The highest BCUT2D eigenvalue weighted by molar-refractivity contribution is 5.95. The maximum atomic E-state index is 12.4. The number of hydrogen-bond donors (Lipinski definition) is 3. The molecule has 152 valence electrons. The van der Waals surface area contributed by atoms with Crippen LogP contribution in [0.15, 0.2) is 54.6 Å². The predicted octanol–water partition coefficient (Wildman–Crippen LogP) is 3.82. The van der Waals surface area contributed by atoms with E-state index in [1.807, 2.05) is 24.3 Å². The molecule has 2 aliphatic rings. The second-order valence-electron chi connectivity index (χ2n) is 7.98. The van der Waals surface area contributed by atoms with Gasteiger partial charge in [-0.1, -0.05) is 36.4 Å². The van der Waals surface area contributed by atoms with Gasteiger partial charge in [-0.3, -0.25) is 9.69 Å². The van der Waals surface area contributed by atoms with E-state index in [9.17, 15) is 9.59 Å². The standard InChI is InChI=1S/C23H28N4O2/c28-22(18-9-10-18)24-20-7-4-8-21(15-20)26-23(29)25-19-11-13-27(14-12-19)16-17-5-2-1-3-6-17/h1-8,15,18-19H,9-14,16H2,(H,24,28)(H2,25,26,29). The Balaban J connectivity index is 1.21. The SMILES string of the molecule is O=C(Nc1cccc(NC(=O)C2CC2)c1)NC1CCN(Cc2ccccc2)CC1. The number of amides is 3. The van der Waals surface area contributed by atoms with E-state index in [0.29, 0.717) is 11.4 Å². The molecule has 2 aromatic rings. The fourth-order valence-corrected chi connectivity index (χ4v) is 3.69. The third-order valence-corrected chi connectivity index (χ3v) is 5.51. The van der Waals surface area contributed by atoms with Crippen molar-refractivity contribution in [3.63, 3.8) is 0 Å². The number of anilines is 2. The lowest BCUT2D eigenvalue weighted by atomic mass is 10.0. The Morgan fingerprint density at radius 1 is 0.862 bits per heavy atom. The second kappa shape index (κ2) is 9.09. The molecule has 0 radical (unpaired) electrons. The minimum absolute atomic E-state index is 0.0638. The van der Waals surface area contributed by atoms with Crippen LogP contribution in [0, 0.1) is 5.92 Å². The lowest BCUT2D eigenvalue weighted by molar-refractivity contribution is -0.117. The van der Waals surface area contributed by atoms with E-state index in [4.69, 9.17) is 0 Å². The summed E-state index contributed by atoms with van der Waals surface area (Å²) in [6.07, 6.45) is 3.82. The van der Waals surface area contributed by atoms with Crippen LogP contribution in [0.25, 0.3) is 0 Å². The molecular formula is C23H28N4O2. The zero-order valence-electron chi connectivity index (χ0n) is 16.6. The maximum absolute atomic E-state index is 12.4. The first-order valence-corrected chi connectivity index (χ1v) is 10.4. The smallest absolute Gasteiger partial charge is 0.319 e. The van der Waals surface area contributed by atoms with Gasteiger partial charge in [-0.15, -0.1) is 0 Å². The first-order chi connectivity index (χ1) is 14.2. The van der Waals surface area contributed by atoms with Gasteiger partial charge in [0.2, 0.25) is 5.91 Å². The van der Waals surface area contributed by atoms with Crippen molar-refractivity contribution >= 4 is 23.3 Å². The molecule has 0 unspecified atom stereocenters. The molecule has 29 heavy (non-hydrogen) atoms. The highest BCUT2D eigenvalue weighted by Crippen LogP contribution is 2.30. The van der Waals surface area contributed by atoms with Crippen LogP contribution in [-0.4, -0.2) is 36.0 Å². The van der Waals surface area contributed by atoms with Gasteiger partial charge in [-0.05, 0) is 49.4 Å². The molecule has 0 spiro atoms. The number of nitrogens with zero attached hydrogens (tertiary/aromatic N) is 1. The molecule has 1 saturated carbocycles. The Bertz CT molecular complexity index is 843. The number of rotatable bonds is 6. The first kappa shape index (κ1) is 19.5. The summed E-state index contributed by atoms with van der Waals surface area (Å²) in [6.45, 7) is 2.91. The van der Waals surface area contributed by atoms with Gasteiger partial charge in [-0.2, -0.15) is 0 Å². The van der Waals surface area contributed by atoms with Crippen molar-refractivity contribution in [3.05, 3.63) is 60.2 Å². The topological polar surface area (TPSA) is 73.5 Å². The lowest BCUT2D eigenvalue weighted by Crippen LogP contribution is -2.45. The summed E-state index contributed by atoms with van der Waals surface area (Å²) in [4.78, 5) is 26.7. The Hall–Kier alpha value is -2.86. The number of carbonyl (C=O) groups excluding carboxylic acids is 2. The van der Waals surface area contributed by atoms with Crippen LogP contribution in [-0.2, 0) is 11.3 Å². The van der Waals surface area contributed by atoms with Crippen molar-refractivity contribution in [2.24, 2.45) is 5.92 Å². The van der Waals surface area contributed by atoms with E-state index in [1.54, 1.807) is 6.07 Å². The molecule has 2 aromatic carbocycles. The van der Waals surface area contributed by atoms with Gasteiger partial charge in [0, 0.05) is 43.0 Å². The molecule has 1 aliphatic heterocycles. The Morgan fingerprint density at radius 2 is 1.55 bits per heavy atom. The van der Waals surface area contributed by atoms with E-state index in [2.05, 4.69) is 45.1 Å². The van der Waals surface area contributed by atoms with Crippen molar-refractivity contribution in [3.8, 4) is 0 Å². The van der Waals surface area contributed by atoms with E-state index in [-0.39, 0.29) is 23.9 Å². The number of urea groups is 1. The molecule has 6 nitrogen and oxygen atoms in total. The van der Waals surface area contributed by atoms with Crippen LogP contribution in [0.2, 0.25) is 0 Å². The monoisotopic (exact) mass is 392 g/mol. The number of benzene rings is 2. The van der Waals surface area contributed by atoms with Gasteiger partial charge in [0.25, 0.3) is 0 Å². The molecule has 3 amide bonds. The number of hydrogen-bond acceptors (Lipinski definition) is 3. The highest BCUT2D eigenvalue weighted by atomic mass is 16.2. The summed E-state index contributed by atoms with van der Waals surface area (Å²) in [7, 11) is 0. The highest BCUT2D eigenvalue weighted by Gasteiger charge is 2.29. The van der Waals surface area contributed by atoms with Crippen LogP contribution in [0.1, 0.15) is 31.2 Å². The molecule has 1 saturated heterocycles. The number of nitrogens with one attached hydrogen (secondary N) is 3. The minimum Gasteiger partial charge on any atom is -0.335 e. The van der Waals surface area contributed by atoms with Gasteiger partial charge in [0.15, 0.2) is 0 Å². The van der Waals surface area contributed by atoms with Gasteiger partial charge < -0.3 is 16.0 Å². The van der Waals surface area contributed by atoms with E-state index < -0.39 is 0 Å². The Kier molecular flexibility index (Phi) is 6.10. The predicted molar refractivity (Wildman–Crippen MR) is 115 cm³/mol. The van der Waals surface area contributed by atoms with Crippen molar-refractivity contribution < 1.29 is 9.59 Å². The average Bonchev–Trinajstić information content (AvgIpc) is 3.56.